The maximum Gasteiger partial charge on any atom is 0.223 e. The number of amides is 1. The summed E-state index contributed by atoms with van der Waals surface area (Å²) in [5.74, 6) is 0.0655. The van der Waals surface area contributed by atoms with Gasteiger partial charge in [-0.3, -0.25) is 4.79 Å². The predicted molar refractivity (Wildman–Crippen MR) is 96.5 cm³/mol. The number of anilines is 1. The lowest BCUT2D eigenvalue weighted by molar-refractivity contribution is -0.126. The number of hydrogen-bond acceptors (Lipinski definition) is 4. The van der Waals surface area contributed by atoms with Crippen LogP contribution in [0.2, 0.25) is 0 Å². The monoisotopic (exact) mass is 353 g/mol. The average molecular weight is 353 g/mol. The van der Waals surface area contributed by atoms with E-state index in [2.05, 4.69) is 10.2 Å². The molecule has 24 heavy (non-hydrogen) atoms. The Morgan fingerprint density at radius 2 is 1.88 bits per heavy atom. The minimum Gasteiger partial charge on any atom is -0.373 e. The Balaban J connectivity index is 1.72. The molecule has 1 saturated heterocycles. The van der Waals surface area contributed by atoms with E-state index < -0.39 is 10.0 Å². The molecule has 2 rings (SSSR count). The molecule has 134 valence electrons. The summed E-state index contributed by atoms with van der Waals surface area (Å²) in [6.45, 7) is 3.85. The number of nitrogens with zero attached hydrogens (tertiary/aromatic N) is 2. The number of sulfonamides is 1. The number of benzene rings is 1. The van der Waals surface area contributed by atoms with Crippen molar-refractivity contribution in [3.63, 3.8) is 0 Å². The first-order chi connectivity index (χ1) is 11.4. The second-order valence-corrected chi connectivity index (χ2v) is 8.38. The molecule has 1 aromatic rings. The summed E-state index contributed by atoms with van der Waals surface area (Å²) in [4.78, 5) is 14.3. The van der Waals surface area contributed by atoms with Crippen molar-refractivity contribution < 1.29 is 13.2 Å². The van der Waals surface area contributed by atoms with Gasteiger partial charge < -0.3 is 10.2 Å². The molecule has 0 unspecified atom stereocenters. The van der Waals surface area contributed by atoms with Gasteiger partial charge in [-0.1, -0.05) is 18.2 Å². The Morgan fingerprint density at radius 3 is 2.46 bits per heavy atom. The SMILES string of the molecule is CCS(=O)(=O)N1CCC(C(=O)NCCN(C)c2ccccc2)CC1. The maximum absolute atomic E-state index is 12.2. The van der Waals surface area contributed by atoms with Crippen LogP contribution < -0.4 is 10.2 Å². The molecule has 1 aliphatic rings. The summed E-state index contributed by atoms with van der Waals surface area (Å²) < 4.78 is 25.2. The quantitative estimate of drug-likeness (QED) is 0.802. The molecule has 1 amide bonds. The van der Waals surface area contributed by atoms with Gasteiger partial charge in [0.25, 0.3) is 0 Å². The third-order valence-corrected chi connectivity index (χ3v) is 6.41. The molecule has 7 heteroatoms. The predicted octanol–water partition coefficient (Wildman–Crippen LogP) is 1.30. The first-order valence-corrected chi connectivity index (χ1v) is 10.1. The molecule has 0 aromatic heterocycles. The van der Waals surface area contributed by atoms with E-state index >= 15 is 0 Å². The van der Waals surface area contributed by atoms with Crippen LogP contribution in [-0.4, -0.2) is 57.6 Å². The van der Waals surface area contributed by atoms with Gasteiger partial charge in [0.1, 0.15) is 0 Å². The molecular weight excluding hydrogens is 326 g/mol. The molecule has 1 aliphatic heterocycles. The Kier molecular flexibility index (Phi) is 6.62. The molecule has 0 aliphatic carbocycles. The number of nitrogens with one attached hydrogen (secondary N) is 1. The fraction of sp³-hybridized carbons (Fsp3) is 0.588. The van der Waals surface area contributed by atoms with Gasteiger partial charge in [0, 0.05) is 44.8 Å². The first-order valence-electron chi connectivity index (χ1n) is 8.45. The zero-order valence-electron chi connectivity index (χ0n) is 14.4. The smallest absolute Gasteiger partial charge is 0.223 e. The van der Waals surface area contributed by atoms with Crippen molar-refractivity contribution in [3.8, 4) is 0 Å². The van der Waals surface area contributed by atoms with Crippen molar-refractivity contribution in [1.29, 1.82) is 0 Å². The Labute approximate surface area is 144 Å². The summed E-state index contributed by atoms with van der Waals surface area (Å²) in [5, 5.41) is 2.97. The van der Waals surface area contributed by atoms with Crippen LogP contribution in [0.1, 0.15) is 19.8 Å². The van der Waals surface area contributed by atoms with E-state index in [9.17, 15) is 13.2 Å². The summed E-state index contributed by atoms with van der Waals surface area (Å²) in [5.41, 5.74) is 1.12. The van der Waals surface area contributed by atoms with E-state index in [1.165, 1.54) is 4.31 Å². The van der Waals surface area contributed by atoms with Crippen LogP contribution in [0, 0.1) is 5.92 Å². The van der Waals surface area contributed by atoms with Gasteiger partial charge in [-0.25, -0.2) is 12.7 Å². The van der Waals surface area contributed by atoms with Gasteiger partial charge >= 0.3 is 0 Å². The molecule has 0 spiro atoms. The number of carbonyl (C=O) groups excluding carboxylic acids is 1. The molecule has 0 saturated carbocycles. The topological polar surface area (TPSA) is 69.7 Å². The fourth-order valence-electron chi connectivity index (χ4n) is 2.88. The molecule has 1 N–H and O–H groups in total. The Bertz CT molecular complexity index is 626. The minimum atomic E-state index is -3.13. The van der Waals surface area contributed by atoms with Crippen molar-refractivity contribution in [2.24, 2.45) is 5.92 Å². The zero-order chi connectivity index (χ0) is 17.6. The minimum absolute atomic E-state index is 0.0324. The number of para-hydroxylation sites is 1. The maximum atomic E-state index is 12.2. The number of piperidine rings is 1. The number of likely N-dealkylation sites (N-methyl/N-ethyl adjacent to an activating group) is 1. The van der Waals surface area contributed by atoms with E-state index in [0.717, 1.165) is 12.2 Å². The second kappa shape index (κ2) is 8.48. The zero-order valence-corrected chi connectivity index (χ0v) is 15.3. The molecule has 0 bridgehead atoms. The van der Waals surface area contributed by atoms with Gasteiger partial charge in [0.05, 0.1) is 5.75 Å². The van der Waals surface area contributed by atoms with Crippen LogP contribution in [0.3, 0.4) is 0 Å². The van der Waals surface area contributed by atoms with E-state index in [1.807, 2.05) is 37.4 Å². The van der Waals surface area contributed by atoms with Crippen LogP contribution in [0.15, 0.2) is 30.3 Å². The highest BCUT2D eigenvalue weighted by atomic mass is 32.2. The summed E-state index contributed by atoms with van der Waals surface area (Å²) in [6.07, 6.45) is 1.19. The van der Waals surface area contributed by atoms with Gasteiger partial charge in [-0.05, 0) is 31.9 Å². The van der Waals surface area contributed by atoms with Crippen molar-refractivity contribution >= 4 is 21.6 Å². The molecular formula is C17H27N3O3S. The Morgan fingerprint density at radius 1 is 1.25 bits per heavy atom. The highest BCUT2D eigenvalue weighted by Crippen LogP contribution is 2.20. The van der Waals surface area contributed by atoms with Crippen molar-refractivity contribution in [1.82, 2.24) is 9.62 Å². The van der Waals surface area contributed by atoms with E-state index in [1.54, 1.807) is 6.92 Å². The van der Waals surface area contributed by atoms with Gasteiger partial charge in [-0.15, -0.1) is 0 Å². The molecule has 1 aromatic carbocycles. The number of carbonyl (C=O) groups is 1. The van der Waals surface area contributed by atoms with Crippen molar-refractivity contribution in [2.45, 2.75) is 19.8 Å². The normalized spacial score (nSPS) is 16.8. The lowest BCUT2D eigenvalue weighted by Gasteiger charge is -2.30. The van der Waals surface area contributed by atoms with Crippen LogP contribution in [0.25, 0.3) is 0 Å². The summed E-state index contributed by atoms with van der Waals surface area (Å²) in [7, 11) is -1.14. The molecule has 6 nitrogen and oxygen atoms in total. The highest BCUT2D eigenvalue weighted by Gasteiger charge is 2.29. The van der Waals surface area contributed by atoms with Crippen molar-refractivity contribution in [2.75, 3.05) is 43.9 Å². The van der Waals surface area contributed by atoms with Crippen molar-refractivity contribution in [3.05, 3.63) is 30.3 Å². The summed E-state index contributed by atoms with van der Waals surface area (Å²) in [6, 6.07) is 10.0. The third kappa shape index (κ3) is 4.95. The lowest BCUT2D eigenvalue weighted by Crippen LogP contribution is -2.44. The van der Waals surface area contributed by atoms with E-state index in [4.69, 9.17) is 0 Å². The van der Waals surface area contributed by atoms with Crippen LogP contribution in [0.4, 0.5) is 5.69 Å². The lowest BCUT2D eigenvalue weighted by atomic mass is 9.97. The molecule has 1 fully saturated rings. The number of hydrogen-bond donors (Lipinski definition) is 1. The third-order valence-electron chi connectivity index (χ3n) is 4.53. The second-order valence-electron chi connectivity index (χ2n) is 6.12. The van der Waals surface area contributed by atoms with Gasteiger partial charge in [0.15, 0.2) is 0 Å². The van der Waals surface area contributed by atoms with Gasteiger partial charge in [-0.2, -0.15) is 0 Å². The van der Waals surface area contributed by atoms with Crippen LogP contribution in [-0.2, 0) is 14.8 Å². The van der Waals surface area contributed by atoms with Crippen LogP contribution >= 0.6 is 0 Å². The summed E-state index contributed by atoms with van der Waals surface area (Å²) >= 11 is 0. The fourth-order valence-corrected chi connectivity index (χ4v) is 4.01. The average Bonchev–Trinajstić information content (AvgIpc) is 2.62. The molecule has 0 radical (unpaired) electrons. The molecule has 0 atom stereocenters. The largest absolute Gasteiger partial charge is 0.373 e. The highest BCUT2D eigenvalue weighted by molar-refractivity contribution is 7.89. The van der Waals surface area contributed by atoms with Gasteiger partial charge in [0.2, 0.25) is 15.9 Å². The van der Waals surface area contributed by atoms with E-state index in [0.29, 0.717) is 32.5 Å². The number of rotatable bonds is 7. The van der Waals surface area contributed by atoms with E-state index in [-0.39, 0.29) is 17.6 Å². The standard InChI is InChI=1S/C17H27N3O3S/c1-3-24(22,23)20-12-9-15(10-13-20)17(21)18-11-14-19(2)16-7-5-4-6-8-16/h4-8,15H,3,9-14H2,1-2H3,(H,18,21). The Hall–Kier alpha value is -1.60. The van der Waals surface area contributed by atoms with Crippen LogP contribution in [0.5, 0.6) is 0 Å². The first kappa shape index (κ1) is 18.7. The molecule has 1 heterocycles.